The molecule has 2 unspecified atom stereocenters. The van der Waals surface area contributed by atoms with Gasteiger partial charge in [0.25, 0.3) is 0 Å². The highest BCUT2D eigenvalue weighted by Crippen LogP contribution is 2.29. The molecule has 0 saturated heterocycles. The zero-order chi connectivity index (χ0) is 10.9. The van der Waals surface area contributed by atoms with Crippen molar-refractivity contribution in [1.82, 2.24) is 0 Å². The van der Waals surface area contributed by atoms with Crippen molar-refractivity contribution in [2.45, 2.75) is 39.0 Å². The molecule has 0 spiro atoms. The predicted molar refractivity (Wildman–Crippen MR) is 61.6 cm³/mol. The van der Waals surface area contributed by atoms with Gasteiger partial charge in [0.2, 0.25) is 0 Å². The van der Waals surface area contributed by atoms with Gasteiger partial charge in [-0.05, 0) is 11.5 Å². The first kappa shape index (κ1) is 13.2. The lowest BCUT2D eigenvalue weighted by molar-refractivity contribution is 0.562. The molecule has 0 aliphatic rings. The van der Waals surface area contributed by atoms with E-state index in [0.717, 1.165) is 0 Å². The van der Waals surface area contributed by atoms with Gasteiger partial charge in [0.15, 0.2) is 0 Å². The number of sulfone groups is 1. The van der Waals surface area contributed by atoms with Gasteiger partial charge in [0.05, 0.1) is 5.75 Å². The van der Waals surface area contributed by atoms with Crippen LogP contribution in [0.3, 0.4) is 0 Å². The minimum absolute atomic E-state index is 0.293. The zero-order valence-corrected chi connectivity index (χ0v) is 11.4. The first-order valence-electron chi connectivity index (χ1n) is 4.72. The van der Waals surface area contributed by atoms with Crippen LogP contribution >= 0.6 is 0 Å². The van der Waals surface area contributed by atoms with E-state index in [0.29, 0.717) is 17.2 Å². The highest BCUT2D eigenvalue weighted by molar-refractivity contribution is 7.90. The van der Waals surface area contributed by atoms with Crippen LogP contribution in [0.4, 0.5) is 0 Å². The Morgan fingerprint density at radius 2 is 1.54 bits per heavy atom. The van der Waals surface area contributed by atoms with Crippen LogP contribution in [-0.4, -0.2) is 28.5 Å². The third-order valence-corrected chi connectivity index (χ3v) is 7.22. The Hall–Kier alpha value is 0.167. The van der Waals surface area contributed by atoms with Crippen molar-refractivity contribution in [2.75, 3.05) is 12.0 Å². The fraction of sp³-hybridized carbons (Fsp3) is 1.00. The van der Waals surface area contributed by atoms with E-state index < -0.39 is 17.9 Å². The minimum atomic E-state index is -2.81. The highest BCUT2D eigenvalue weighted by Gasteiger charge is 2.28. The van der Waals surface area contributed by atoms with Crippen LogP contribution in [0.1, 0.15) is 13.8 Å². The number of hydrogen-bond donors (Lipinski definition) is 0. The average molecular weight is 222 g/mol. The Balaban J connectivity index is 4.37. The maximum atomic E-state index is 11.1. The van der Waals surface area contributed by atoms with E-state index in [4.69, 9.17) is 0 Å². The molecule has 0 amide bonds. The van der Waals surface area contributed by atoms with Gasteiger partial charge in [-0.3, -0.25) is 0 Å². The summed E-state index contributed by atoms with van der Waals surface area (Å²) in [5.74, 6) is 0.625. The molecule has 0 heterocycles. The van der Waals surface area contributed by atoms with Gasteiger partial charge in [-0.2, -0.15) is 0 Å². The fourth-order valence-corrected chi connectivity index (χ4v) is 4.71. The van der Waals surface area contributed by atoms with Crippen molar-refractivity contribution in [3.63, 3.8) is 0 Å². The van der Waals surface area contributed by atoms with E-state index >= 15 is 0 Å². The molecule has 2 atom stereocenters. The summed E-state index contributed by atoms with van der Waals surface area (Å²) in [6.07, 6.45) is 1.32. The number of hydrogen-bond acceptors (Lipinski definition) is 2. The molecular weight excluding hydrogens is 200 g/mol. The van der Waals surface area contributed by atoms with Gasteiger partial charge in [0.1, 0.15) is 9.84 Å². The summed E-state index contributed by atoms with van der Waals surface area (Å²) in [5.41, 5.74) is 0.558. The van der Waals surface area contributed by atoms with E-state index in [-0.39, 0.29) is 0 Å². The average Bonchev–Trinajstić information content (AvgIpc) is 1.79. The summed E-state index contributed by atoms with van der Waals surface area (Å²) in [4.78, 5) is 0. The van der Waals surface area contributed by atoms with Crippen molar-refractivity contribution in [2.24, 2.45) is 5.92 Å². The van der Waals surface area contributed by atoms with Gasteiger partial charge >= 0.3 is 0 Å². The van der Waals surface area contributed by atoms with Gasteiger partial charge in [-0.1, -0.05) is 33.5 Å². The van der Waals surface area contributed by atoms with Crippen LogP contribution in [-0.2, 0) is 9.84 Å². The van der Waals surface area contributed by atoms with E-state index in [9.17, 15) is 8.42 Å². The van der Waals surface area contributed by atoms with E-state index in [1.54, 1.807) is 0 Å². The maximum Gasteiger partial charge on any atom is 0.147 e. The molecule has 0 fully saturated rings. The second kappa shape index (κ2) is 4.13. The molecule has 0 aromatic heterocycles. The molecule has 0 aromatic rings. The standard InChI is InChI=1S/C9H22O2SSi/c1-8(7-12(3,10)11)9(2)13(4,5)6/h8-9H,7H2,1-6H3. The normalized spacial score (nSPS) is 18.3. The Morgan fingerprint density at radius 1 is 1.15 bits per heavy atom. The van der Waals surface area contributed by atoms with Crippen LogP contribution in [0.5, 0.6) is 0 Å². The van der Waals surface area contributed by atoms with Crippen LogP contribution in [0.2, 0.25) is 25.2 Å². The molecule has 0 saturated carbocycles. The van der Waals surface area contributed by atoms with Crippen molar-refractivity contribution in [1.29, 1.82) is 0 Å². The third-order valence-electron chi connectivity index (χ3n) is 2.79. The predicted octanol–water partition coefficient (Wildman–Crippen LogP) is 2.40. The molecule has 0 rings (SSSR count). The zero-order valence-electron chi connectivity index (χ0n) is 9.59. The highest BCUT2D eigenvalue weighted by atomic mass is 32.2. The quantitative estimate of drug-likeness (QED) is 0.685. The summed E-state index contributed by atoms with van der Waals surface area (Å²) in [6.45, 7) is 11.1. The Labute approximate surface area is 83.7 Å². The Kier molecular flexibility index (Phi) is 4.18. The second-order valence-electron chi connectivity index (χ2n) is 5.22. The smallest absolute Gasteiger partial charge is 0.147 e. The molecule has 0 aromatic carbocycles. The molecule has 80 valence electrons. The van der Waals surface area contributed by atoms with E-state index in [1.807, 2.05) is 6.92 Å². The lowest BCUT2D eigenvalue weighted by atomic mass is 10.1. The first-order chi connectivity index (χ1) is 5.54. The summed E-state index contributed by atoms with van der Waals surface area (Å²) in [6, 6.07) is 0. The lowest BCUT2D eigenvalue weighted by Crippen LogP contribution is -2.33. The molecule has 13 heavy (non-hydrogen) atoms. The molecule has 0 radical (unpaired) electrons. The molecule has 0 aliphatic carbocycles. The topological polar surface area (TPSA) is 34.1 Å². The maximum absolute atomic E-state index is 11.1. The third kappa shape index (κ3) is 5.47. The van der Waals surface area contributed by atoms with Crippen LogP contribution in [0.25, 0.3) is 0 Å². The second-order valence-corrected chi connectivity index (χ2v) is 13.1. The van der Waals surface area contributed by atoms with Crippen molar-refractivity contribution < 1.29 is 8.42 Å². The Morgan fingerprint density at radius 3 is 1.77 bits per heavy atom. The largest absolute Gasteiger partial charge is 0.229 e. The minimum Gasteiger partial charge on any atom is -0.229 e. The molecule has 0 aliphatic heterocycles. The molecular formula is C9H22O2SSi. The molecule has 2 nitrogen and oxygen atoms in total. The van der Waals surface area contributed by atoms with Crippen LogP contribution in [0.15, 0.2) is 0 Å². The molecule has 0 bridgehead atoms. The monoisotopic (exact) mass is 222 g/mol. The summed E-state index contributed by atoms with van der Waals surface area (Å²) in [5, 5.41) is 0. The molecule has 4 heteroatoms. The van der Waals surface area contributed by atoms with Crippen molar-refractivity contribution in [3.05, 3.63) is 0 Å². The molecule has 0 N–H and O–H groups in total. The number of rotatable bonds is 4. The van der Waals surface area contributed by atoms with Gasteiger partial charge in [-0.15, -0.1) is 0 Å². The SMILES string of the molecule is CC(CS(C)(=O)=O)C(C)[Si](C)(C)C. The van der Waals surface area contributed by atoms with Gasteiger partial charge < -0.3 is 0 Å². The lowest BCUT2D eigenvalue weighted by Gasteiger charge is -2.30. The first-order valence-corrected chi connectivity index (χ1v) is 10.4. The van der Waals surface area contributed by atoms with Crippen molar-refractivity contribution >= 4 is 17.9 Å². The summed E-state index contributed by atoms with van der Waals surface area (Å²) >= 11 is 0. The van der Waals surface area contributed by atoms with Crippen molar-refractivity contribution in [3.8, 4) is 0 Å². The van der Waals surface area contributed by atoms with Crippen LogP contribution in [0, 0.1) is 5.92 Å². The van der Waals surface area contributed by atoms with E-state index in [2.05, 4.69) is 26.6 Å². The van der Waals surface area contributed by atoms with Gasteiger partial charge in [0, 0.05) is 14.3 Å². The van der Waals surface area contributed by atoms with E-state index in [1.165, 1.54) is 6.26 Å². The Bertz CT molecular complexity index is 251. The summed E-state index contributed by atoms with van der Waals surface area (Å²) < 4.78 is 22.2. The van der Waals surface area contributed by atoms with Gasteiger partial charge in [-0.25, -0.2) is 8.42 Å². The van der Waals surface area contributed by atoms with Crippen LogP contribution < -0.4 is 0 Å². The summed E-state index contributed by atoms with van der Waals surface area (Å²) in [7, 11) is -3.99. The fourth-order valence-electron chi connectivity index (χ4n) is 1.48.